The fraction of sp³-hybridized carbons (Fsp3) is 0.625. The van der Waals surface area contributed by atoms with E-state index in [0.29, 0.717) is 18.6 Å². The molecule has 1 aromatic rings. The maximum Gasteiger partial charge on any atom is 0.332 e. The third kappa shape index (κ3) is 2.65. The van der Waals surface area contributed by atoms with Crippen molar-refractivity contribution in [2.24, 2.45) is 39.9 Å². The number of aliphatic hydroxyl groups excluding tert-OH is 1. The van der Waals surface area contributed by atoms with Crippen molar-refractivity contribution in [1.29, 1.82) is 0 Å². The number of carbonyl (C=O) groups excluding carboxylic acids is 2. The summed E-state index contributed by atoms with van der Waals surface area (Å²) in [6, 6.07) is 9.40. The molecule has 2 N–H and O–H groups in total. The number of hydrogen-bond acceptors (Lipinski definition) is 7. The largest absolute Gasteiger partial charge is 0.443 e. The van der Waals surface area contributed by atoms with Gasteiger partial charge in [-0.1, -0.05) is 50.8 Å². The zero-order valence-electron chi connectivity index (χ0n) is 22.9. The Balaban J connectivity index is 1.30. The van der Waals surface area contributed by atoms with Gasteiger partial charge in [0.25, 0.3) is 0 Å². The molecule has 1 aromatic carbocycles. The maximum atomic E-state index is 14.6. The number of Topliss-reactive ketones (excluding diaryl/α,β-unsaturated/α-hetero) is 1. The van der Waals surface area contributed by atoms with Crippen molar-refractivity contribution < 1.29 is 34.0 Å². The van der Waals surface area contributed by atoms with Crippen LogP contribution in [-0.4, -0.2) is 58.8 Å². The molecular formula is C32H38O7. The number of aliphatic hydroxyl groups is 2. The molecule has 7 nitrogen and oxygen atoms in total. The number of ether oxygens (including phenoxy) is 3. The quantitative estimate of drug-likeness (QED) is 0.338. The first-order chi connectivity index (χ1) is 18.5. The second-order valence-electron chi connectivity index (χ2n) is 13.3. The highest BCUT2D eigenvalue weighted by atomic mass is 16.6. The van der Waals surface area contributed by atoms with Crippen LogP contribution in [0.15, 0.2) is 48.6 Å². The summed E-state index contributed by atoms with van der Waals surface area (Å²) in [6.07, 6.45) is 4.69. The first kappa shape index (κ1) is 25.6. The van der Waals surface area contributed by atoms with Crippen LogP contribution in [0.1, 0.15) is 52.0 Å². The minimum absolute atomic E-state index is 0.0824. The molecule has 39 heavy (non-hydrogen) atoms. The van der Waals surface area contributed by atoms with Gasteiger partial charge < -0.3 is 24.4 Å². The average Bonchev–Trinajstić information content (AvgIpc) is 2.92. The highest BCUT2D eigenvalue weighted by Gasteiger charge is 2.97. The monoisotopic (exact) mass is 534 g/mol. The van der Waals surface area contributed by atoms with E-state index in [1.165, 1.54) is 6.08 Å². The van der Waals surface area contributed by atoms with E-state index < -0.39 is 40.2 Å². The van der Waals surface area contributed by atoms with Crippen LogP contribution in [0.25, 0.3) is 6.08 Å². The van der Waals surface area contributed by atoms with Crippen LogP contribution in [-0.2, 0) is 23.8 Å². The van der Waals surface area contributed by atoms with E-state index in [4.69, 9.17) is 14.2 Å². The summed E-state index contributed by atoms with van der Waals surface area (Å²) in [6.45, 7) is 11.2. The van der Waals surface area contributed by atoms with Crippen LogP contribution >= 0.6 is 0 Å². The number of fused-ring (bicyclic) bond motifs is 1. The molecule has 2 heterocycles. The van der Waals surface area contributed by atoms with E-state index in [-0.39, 0.29) is 41.7 Å². The summed E-state index contributed by atoms with van der Waals surface area (Å²) in [7, 11) is 0. The average molecular weight is 535 g/mol. The van der Waals surface area contributed by atoms with Crippen LogP contribution < -0.4 is 0 Å². The third-order valence-corrected chi connectivity index (χ3v) is 11.7. The van der Waals surface area contributed by atoms with Crippen molar-refractivity contribution in [1.82, 2.24) is 0 Å². The van der Waals surface area contributed by atoms with Crippen LogP contribution in [0.2, 0.25) is 0 Å². The molecule has 2 saturated heterocycles. The predicted molar refractivity (Wildman–Crippen MR) is 142 cm³/mol. The molecule has 7 aliphatic rings. The van der Waals surface area contributed by atoms with E-state index in [2.05, 4.69) is 20.4 Å². The third-order valence-electron chi connectivity index (χ3n) is 11.7. The SMILES string of the molecule is C=C1C2CCC3C45COC(O)(C(O)C4C(C)(C)CCC5OCC)C34C(=O)C1(OC(=O)C=Cc1ccccc1)C24. The lowest BCUT2D eigenvalue weighted by Crippen LogP contribution is -2.97. The number of esters is 1. The van der Waals surface area contributed by atoms with E-state index >= 15 is 0 Å². The van der Waals surface area contributed by atoms with Gasteiger partial charge in [-0.2, -0.15) is 0 Å². The highest BCUT2D eigenvalue weighted by molar-refractivity contribution is 6.09. The van der Waals surface area contributed by atoms with Crippen LogP contribution in [0.4, 0.5) is 0 Å². The Kier molecular flexibility index (Phi) is 5.20. The Bertz CT molecular complexity index is 1290. The second-order valence-corrected chi connectivity index (χ2v) is 13.3. The summed E-state index contributed by atoms with van der Waals surface area (Å²) in [5, 5.41) is 24.3. The van der Waals surface area contributed by atoms with Gasteiger partial charge in [0, 0.05) is 29.9 Å². The van der Waals surface area contributed by atoms with Gasteiger partial charge in [-0.05, 0) is 67.1 Å². The van der Waals surface area contributed by atoms with Crippen molar-refractivity contribution in [3.05, 3.63) is 54.1 Å². The second kappa shape index (κ2) is 7.90. The number of carbonyl (C=O) groups is 2. The van der Waals surface area contributed by atoms with Gasteiger partial charge in [0.15, 0.2) is 11.4 Å². The predicted octanol–water partition coefficient (Wildman–Crippen LogP) is 3.68. The Morgan fingerprint density at radius 1 is 1.18 bits per heavy atom. The number of hydrogen-bond donors (Lipinski definition) is 2. The van der Waals surface area contributed by atoms with Crippen LogP contribution in [0, 0.1) is 39.9 Å². The molecule has 0 amide bonds. The molecule has 10 unspecified atom stereocenters. The first-order valence-electron chi connectivity index (χ1n) is 14.4. The van der Waals surface area contributed by atoms with Crippen molar-refractivity contribution in [3.63, 3.8) is 0 Å². The standard InChI is InChI=1S/C32H38O7/c1-5-37-22-15-16-28(3,4)25-26(34)32(36)30-21(29(22,25)17-38-32)13-12-20-18(2)31(24(20)30,27(30)35)39-23(33)14-11-19-9-7-6-8-10-19/h6-11,14,20-22,24-26,34,36H,2,5,12-13,15-17H2,1,3-4H3. The maximum absolute atomic E-state index is 14.6. The summed E-state index contributed by atoms with van der Waals surface area (Å²) in [4.78, 5) is 27.7. The molecule has 2 spiro atoms. The van der Waals surface area contributed by atoms with Gasteiger partial charge in [-0.3, -0.25) is 4.79 Å². The van der Waals surface area contributed by atoms with Crippen molar-refractivity contribution in [2.45, 2.75) is 70.1 Å². The van der Waals surface area contributed by atoms with E-state index in [0.717, 1.165) is 24.8 Å². The summed E-state index contributed by atoms with van der Waals surface area (Å²) in [5.74, 6) is -4.15. The number of benzene rings is 1. The zero-order valence-corrected chi connectivity index (χ0v) is 22.9. The normalized spacial score (nSPS) is 48.4. The van der Waals surface area contributed by atoms with Gasteiger partial charge in [0.05, 0.1) is 12.7 Å². The minimum atomic E-state index is -2.05. The van der Waals surface area contributed by atoms with Crippen molar-refractivity contribution >= 4 is 17.8 Å². The molecule has 10 atom stereocenters. The molecule has 7 heteroatoms. The smallest absolute Gasteiger partial charge is 0.332 e. The Morgan fingerprint density at radius 3 is 2.64 bits per heavy atom. The van der Waals surface area contributed by atoms with Gasteiger partial charge in [0.1, 0.15) is 11.5 Å². The van der Waals surface area contributed by atoms with Crippen molar-refractivity contribution in [3.8, 4) is 0 Å². The Hall–Kier alpha value is -2.32. The molecule has 0 radical (unpaired) electrons. The number of rotatable bonds is 5. The fourth-order valence-corrected chi connectivity index (χ4v) is 10.5. The molecule has 0 aromatic heterocycles. The molecule has 2 aliphatic heterocycles. The van der Waals surface area contributed by atoms with Crippen LogP contribution in [0.3, 0.4) is 0 Å². The zero-order chi connectivity index (χ0) is 27.6. The summed E-state index contributed by atoms with van der Waals surface area (Å²) < 4.78 is 18.6. The van der Waals surface area contributed by atoms with E-state index in [9.17, 15) is 19.8 Å². The Morgan fingerprint density at radius 2 is 1.92 bits per heavy atom. The fourth-order valence-electron chi connectivity index (χ4n) is 10.5. The van der Waals surface area contributed by atoms with Gasteiger partial charge in [-0.25, -0.2) is 4.79 Å². The molecule has 5 aliphatic carbocycles. The number of ketones is 1. The molecule has 208 valence electrons. The van der Waals surface area contributed by atoms with E-state index in [1.54, 1.807) is 6.08 Å². The highest BCUT2D eigenvalue weighted by Crippen LogP contribution is 2.85. The lowest BCUT2D eigenvalue weighted by atomic mass is 9.21. The molecular weight excluding hydrogens is 496 g/mol. The molecule has 2 bridgehead atoms. The molecule has 8 rings (SSSR count). The molecule has 7 fully saturated rings. The summed E-state index contributed by atoms with van der Waals surface area (Å²) in [5.41, 5.74) is -2.31. The Labute approximate surface area is 229 Å². The lowest BCUT2D eigenvalue weighted by Gasteiger charge is -2.84. The van der Waals surface area contributed by atoms with Gasteiger partial charge >= 0.3 is 5.97 Å². The topological polar surface area (TPSA) is 102 Å². The van der Waals surface area contributed by atoms with Gasteiger partial charge in [-0.15, -0.1) is 0 Å². The summed E-state index contributed by atoms with van der Waals surface area (Å²) >= 11 is 0. The lowest BCUT2D eigenvalue weighted by molar-refractivity contribution is -0.484. The van der Waals surface area contributed by atoms with Gasteiger partial charge in [0.2, 0.25) is 5.79 Å². The van der Waals surface area contributed by atoms with Crippen LogP contribution in [0.5, 0.6) is 0 Å². The molecule has 5 saturated carbocycles. The van der Waals surface area contributed by atoms with E-state index in [1.807, 2.05) is 37.3 Å². The van der Waals surface area contributed by atoms with Crippen molar-refractivity contribution in [2.75, 3.05) is 13.2 Å². The first-order valence-corrected chi connectivity index (χ1v) is 14.4. The minimum Gasteiger partial charge on any atom is -0.443 e.